The number of thiazole rings is 1. The first-order chi connectivity index (χ1) is 9.15. The van der Waals surface area contributed by atoms with E-state index in [9.17, 15) is 9.59 Å². The molecular formula is C13H17N3O2S. The molecule has 1 aromatic rings. The van der Waals surface area contributed by atoms with Gasteiger partial charge >= 0.3 is 0 Å². The number of nitrogens with zero attached hydrogens (tertiary/aromatic N) is 3. The third-order valence-corrected chi connectivity index (χ3v) is 4.62. The summed E-state index contributed by atoms with van der Waals surface area (Å²) in [5.41, 5.74) is 1.01. The van der Waals surface area contributed by atoms with Crippen molar-refractivity contribution in [1.29, 1.82) is 0 Å². The Morgan fingerprint density at radius 1 is 1.47 bits per heavy atom. The van der Waals surface area contributed by atoms with Crippen molar-refractivity contribution in [3.05, 3.63) is 16.1 Å². The number of carbonyl (C=O) groups is 2. The SMILES string of the molecule is Cc1nc(CCN2CC(=O)N3CCCC3C2=O)cs1. The van der Waals surface area contributed by atoms with E-state index in [4.69, 9.17) is 0 Å². The van der Waals surface area contributed by atoms with Crippen molar-refractivity contribution >= 4 is 23.2 Å². The molecular weight excluding hydrogens is 262 g/mol. The van der Waals surface area contributed by atoms with E-state index in [0.29, 0.717) is 6.54 Å². The monoisotopic (exact) mass is 279 g/mol. The van der Waals surface area contributed by atoms with Gasteiger partial charge in [-0.2, -0.15) is 0 Å². The third kappa shape index (κ3) is 2.36. The van der Waals surface area contributed by atoms with Gasteiger partial charge in [-0.15, -0.1) is 11.3 Å². The summed E-state index contributed by atoms with van der Waals surface area (Å²) in [6, 6.07) is -0.196. The molecule has 1 aromatic heterocycles. The maximum Gasteiger partial charge on any atom is 0.245 e. The van der Waals surface area contributed by atoms with Crippen molar-refractivity contribution in [2.24, 2.45) is 0 Å². The van der Waals surface area contributed by atoms with Crippen molar-refractivity contribution < 1.29 is 9.59 Å². The van der Waals surface area contributed by atoms with Gasteiger partial charge in [-0.05, 0) is 19.8 Å². The molecule has 3 rings (SSSR count). The van der Waals surface area contributed by atoms with Crippen molar-refractivity contribution in [2.75, 3.05) is 19.6 Å². The molecule has 2 amide bonds. The Morgan fingerprint density at radius 3 is 3.05 bits per heavy atom. The van der Waals surface area contributed by atoms with E-state index in [1.807, 2.05) is 12.3 Å². The van der Waals surface area contributed by atoms with Crippen LogP contribution in [0, 0.1) is 6.92 Å². The summed E-state index contributed by atoms with van der Waals surface area (Å²) < 4.78 is 0. The maximum absolute atomic E-state index is 12.3. The summed E-state index contributed by atoms with van der Waals surface area (Å²) in [7, 11) is 0. The number of fused-ring (bicyclic) bond motifs is 1. The summed E-state index contributed by atoms with van der Waals surface area (Å²) in [6.45, 7) is 3.55. The van der Waals surface area contributed by atoms with E-state index in [2.05, 4.69) is 4.98 Å². The smallest absolute Gasteiger partial charge is 0.245 e. The summed E-state index contributed by atoms with van der Waals surface area (Å²) in [6.07, 6.45) is 2.49. The first kappa shape index (κ1) is 12.6. The van der Waals surface area contributed by atoms with E-state index in [0.717, 1.165) is 36.5 Å². The zero-order valence-corrected chi connectivity index (χ0v) is 11.8. The average molecular weight is 279 g/mol. The van der Waals surface area contributed by atoms with Crippen LogP contribution < -0.4 is 0 Å². The first-order valence-electron chi connectivity index (χ1n) is 6.64. The summed E-state index contributed by atoms with van der Waals surface area (Å²) in [4.78, 5) is 32.1. The summed E-state index contributed by atoms with van der Waals surface area (Å²) in [5, 5.41) is 3.06. The van der Waals surface area contributed by atoms with E-state index < -0.39 is 0 Å². The summed E-state index contributed by atoms with van der Waals surface area (Å²) in [5.74, 6) is 0.209. The molecule has 19 heavy (non-hydrogen) atoms. The molecule has 2 saturated heterocycles. The van der Waals surface area contributed by atoms with Gasteiger partial charge in [0, 0.05) is 24.9 Å². The lowest BCUT2D eigenvalue weighted by atomic mass is 10.1. The van der Waals surface area contributed by atoms with Gasteiger partial charge < -0.3 is 9.80 Å². The molecule has 0 radical (unpaired) electrons. The highest BCUT2D eigenvalue weighted by atomic mass is 32.1. The van der Waals surface area contributed by atoms with Crippen LogP contribution in [-0.2, 0) is 16.0 Å². The number of aryl methyl sites for hydroxylation is 1. The van der Waals surface area contributed by atoms with Crippen LogP contribution in [0.3, 0.4) is 0 Å². The predicted molar refractivity (Wildman–Crippen MR) is 71.9 cm³/mol. The molecule has 1 atom stereocenters. The number of hydrogen-bond donors (Lipinski definition) is 0. The molecule has 1 unspecified atom stereocenters. The van der Waals surface area contributed by atoms with Crippen LogP contribution in [0.15, 0.2) is 5.38 Å². The fourth-order valence-corrected chi connectivity index (χ4v) is 3.47. The molecule has 2 aliphatic heterocycles. The molecule has 3 heterocycles. The van der Waals surface area contributed by atoms with Gasteiger partial charge in [0.15, 0.2) is 0 Å². The first-order valence-corrected chi connectivity index (χ1v) is 7.52. The van der Waals surface area contributed by atoms with Crippen molar-refractivity contribution in [2.45, 2.75) is 32.2 Å². The van der Waals surface area contributed by atoms with Crippen LogP contribution in [0.1, 0.15) is 23.5 Å². The molecule has 0 bridgehead atoms. The molecule has 102 valence electrons. The molecule has 0 aliphatic carbocycles. The number of piperazine rings is 1. The number of carbonyl (C=O) groups excluding carboxylic acids is 2. The van der Waals surface area contributed by atoms with Crippen molar-refractivity contribution in [1.82, 2.24) is 14.8 Å². The molecule has 6 heteroatoms. The van der Waals surface area contributed by atoms with Gasteiger partial charge in [0.2, 0.25) is 11.8 Å². The second kappa shape index (κ2) is 4.92. The van der Waals surface area contributed by atoms with E-state index in [1.165, 1.54) is 0 Å². The minimum absolute atomic E-state index is 0.0940. The largest absolute Gasteiger partial charge is 0.331 e. The van der Waals surface area contributed by atoms with Gasteiger partial charge in [-0.1, -0.05) is 0 Å². The minimum atomic E-state index is -0.196. The topological polar surface area (TPSA) is 53.5 Å². The lowest BCUT2D eigenvalue weighted by molar-refractivity contribution is -0.153. The molecule has 0 saturated carbocycles. The maximum atomic E-state index is 12.3. The molecule has 2 fully saturated rings. The fourth-order valence-electron chi connectivity index (χ4n) is 2.83. The quantitative estimate of drug-likeness (QED) is 0.823. The highest BCUT2D eigenvalue weighted by molar-refractivity contribution is 7.09. The molecule has 0 aromatic carbocycles. The second-order valence-electron chi connectivity index (χ2n) is 5.11. The minimum Gasteiger partial charge on any atom is -0.331 e. The van der Waals surface area contributed by atoms with Crippen LogP contribution in [0.4, 0.5) is 0 Å². The third-order valence-electron chi connectivity index (χ3n) is 3.80. The zero-order valence-electron chi connectivity index (χ0n) is 11.0. The Labute approximate surface area is 116 Å². The van der Waals surface area contributed by atoms with Crippen LogP contribution in [0.25, 0.3) is 0 Å². The van der Waals surface area contributed by atoms with Crippen LogP contribution in [-0.4, -0.2) is 52.3 Å². The van der Waals surface area contributed by atoms with Gasteiger partial charge in [0.05, 0.1) is 17.2 Å². The van der Waals surface area contributed by atoms with E-state index in [1.54, 1.807) is 21.1 Å². The van der Waals surface area contributed by atoms with Crippen LogP contribution >= 0.6 is 11.3 Å². The van der Waals surface area contributed by atoms with Gasteiger partial charge in [0.1, 0.15) is 6.04 Å². The average Bonchev–Trinajstić information content (AvgIpc) is 3.01. The molecule has 0 N–H and O–H groups in total. The second-order valence-corrected chi connectivity index (χ2v) is 6.18. The van der Waals surface area contributed by atoms with Gasteiger partial charge in [0.25, 0.3) is 0 Å². The Balaban J connectivity index is 1.64. The standard InChI is InChI=1S/C13H17N3O2S/c1-9-14-10(8-19-9)4-6-15-7-12(17)16-5-2-3-11(16)13(15)18/h8,11H,2-7H2,1H3. The van der Waals surface area contributed by atoms with Gasteiger partial charge in [-0.25, -0.2) is 4.98 Å². The Bertz CT molecular complexity index is 514. The highest BCUT2D eigenvalue weighted by Crippen LogP contribution is 2.23. The van der Waals surface area contributed by atoms with Crippen LogP contribution in [0.2, 0.25) is 0 Å². The summed E-state index contributed by atoms with van der Waals surface area (Å²) >= 11 is 1.62. The number of aromatic nitrogens is 1. The Morgan fingerprint density at radius 2 is 2.32 bits per heavy atom. The number of rotatable bonds is 3. The lowest BCUT2D eigenvalue weighted by Crippen LogP contribution is -2.57. The van der Waals surface area contributed by atoms with Gasteiger partial charge in [-0.3, -0.25) is 9.59 Å². The molecule has 0 spiro atoms. The number of amides is 2. The Kier molecular flexibility index (Phi) is 3.26. The predicted octanol–water partition coefficient (Wildman–Crippen LogP) is 0.827. The number of hydrogen-bond acceptors (Lipinski definition) is 4. The van der Waals surface area contributed by atoms with Crippen molar-refractivity contribution in [3.63, 3.8) is 0 Å². The molecule has 5 nitrogen and oxygen atoms in total. The normalized spacial score (nSPS) is 23.1. The van der Waals surface area contributed by atoms with Crippen LogP contribution in [0.5, 0.6) is 0 Å². The Hall–Kier alpha value is -1.43. The van der Waals surface area contributed by atoms with E-state index >= 15 is 0 Å². The van der Waals surface area contributed by atoms with E-state index in [-0.39, 0.29) is 24.4 Å². The molecule has 2 aliphatic rings. The fraction of sp³-hybridized carbons (Fsp3) is 0.615. The highest BCUT2D eigenvalue weighted by Gasteiger charge is 2.41. The van der Waals surface area contributed by atoms with Crippen molar-refractivity contribution in [3.8, 4) is 0 Å². The lowest BCUT2D eigenvalue weighted by Gasteiger charge is -2.36. The zero-order chi connectivity index (χ0) is 13.4.